The molecule has 0 unspecified atom stereocenters. The minimum atomic E-state index is -0.328. The largest absolute Gasteiger partial charge is 0.506 e. The average Bonchev–Trinajstić information content (AvgIpc) is 2.89. The summed E-state index contributed by atoms with van der Waals surface area (Å²) in [4.78, 5) is 12.1. The molecule has 6 heteroatoms. The monoisotopic (exact) mass is 291 g/mol. The molecule has 20 heavy (non-hydrogen) atoms. The number of halogens is 1. The van der Waals surface area contributed by atoms with Gasteiger partial charge in [0.1, 0.15) is 5.75 Å². The standard InChI is InChI=1S/C14H10ClNO4/c15-10-5-8(1-3-11(10)17)14(18)16-9-2-4-12-13(6-9)20-7-19-12/h1-6,17H,7H2,(H,16,18). The van der Waals surface area contributed by atoms with Crippen LogP contribution in [0.4, 0.5) is 5.69 Å². The van der Waals surface area contributed by atoms with E-state index >= 15 is 0 Å². The summed E-state index contributed by atoms with van der Waals surface area (Å²) in [6, 6.07) is 9.39. The number of phenols is 1. The molecule has 5 nitrogen and oxygen atoms in total. The van der Waals surface area contributed by atoms with Gasteiger partial charge in [-0.3, -0.25) is 4.79 Å². The SMILES string of the molecule is O=C(Nc1ccc2c(c1)OCO2)c1ccc(O)c(Cl)c1. The van der Waals surface area contributed by atoms with Crippen LogP contribution in [0, 0.1) is 0 Å². The van der Waals surface area contributed by atoms with Crippen molar-refractivity contribution in [3.05, 3.63) is 47.0 Å². The molecule has 0 atom stereocenters. The summed E-state index contributed by atoms with van der Waals surface area (Å²) in [5, 5.41) is 12.2. The normalized spacial score (nSPS) is 12.2. The van der Waals surface area contributed by atoms with Crippen molar-refractivity contribution in [3.63, 3.8) is 0 Å². The first-order valence-electron chi connectivity index (χ1n) is 5.83. The van der Waals surface area contributed by atoms with Gasteiger partial charge < -0.3 is 19.9 Å². The lowest BCUT2D eigenvalue weighted by Gasteiger charge is -2.07. The Balaban J connectivity index is 1.80. The Hall–Kier alpha value is -2.40. The van der Waals surface area contributed by atoms with Crippen molar-refractivity contribution in [1.82, 2.24) is 0 Å². The summed E-state index contributed by atoms with van der Waals surface area (Å²) in [5.74, 6) is 0.847. The van der Waals surface area contributed by atoms with E-state index < -0.39 is 0 Å². The van der Waals surface area contributed by atoms with Crippen LogP contribution in [0.3, 0.4) is 0 Å². The fourth-order valence-corrected chi connectivity index (χ4v) is 2.01. The zero-order valence-electron chi connectivity index (χ0n) is 10.2. The van der Waals surface area contributed by atoms with E-state index in [4.69, 9.17) is 21.1 Å². The Morgan fingerprint density at radius 2 is 1.95 bits per heavy atom. The third-order valence-corrected chi connectivity index (χ3v) is 3.14. The zero-order chi connectivity index (χ0) is 14.1. The Kier molecular flexibility index (Phi) is 3.12. The minimum Gasteiger partial charge on any atom is -0.506 e. The molecule has 0 bridgehead atoms. The van der Waals surface area contributed by atoms with Gasteiger partial charge >= 0.3 is 0 Å². The zero-order valence-corrected chi connectivity index (χ0v) is 11.0. The molecular weight excluding hydrogens is 282 g/mol. The van der Waals surface area contributed by atoms with Gasteiger partial charge in [-0.25, -0.2) is 0 Å². The highest BCUT2D eigenvalue weighted by molar-refractivity contribution is 6.32. The number of benzene rings is 2. The number of fused-ring (bicyclic) bond motifs is 1. The number of carbonyl (C=O) groups is 1. The molecule has 0 saturated carbocycles. The summed E-state index contributed by atoms with van der Waals surface area (Å²) in [6.45, 7) is 0.181. The molecule has 0 saturated heterocycles. The minimum absolute atomic E-state index is 0.0636. The Labute approximate surface area is 119 Å². The lowest BCUT2D eigenvalue weighted by atomic mass is 10.2. The number of anilines is 1. The quantitative estimate of drug-likeness (QED) is 0.892. The molecule has 1 aliphatic heterocycles. The average molecular weight is 292 g/mol. The fourth-order valence-electron chi connectivity index (χ4n) is 1.83. The smallest absolute Gasteiger partial charge is 0.255 e. The van der Waals surface area contributed by atoms with Crippen LogP contribution in [0.2, 0.25) is 5.02 Å². The maximum atomic E-state index is 12.1. The van der Waals surface area contributed by atoms with E-state index in [1.54, 1.807) is 18.2 Å². The second-order valence-electron chi connectivity index (χ2n) is 4.19. The van der Waals surface area contributed by atoms with Gasteiger partial charge in [-0.2, -0.15) is 0 Å². The van der Waals surface area contributed by atoms with Gasteiger partial charge in [0.2, 0.25) is 6.79 Å². The van der Waals surface area contributed by atoms with Gasteiger partial charge in [0.15, 0.2) is 11.5 Å². The second-order valence-corrected chi connectivity index (χ2v) is 4.60. The van der Waals surface area contributed by atoms with E-state index in [1.165, 1.54) is 18.2 Å². The maximum Gasteiger partial charge on any atom is 0.255 e. The molecule has 2 N–H and O–H groups in total. The highest BCUT2D eigenvalue weighted by Crippen LogP contribution is 2.34. The summed E-state index contributed by atoms with van der Waals surface area (Å²) < 4.78 is 10.4. The Morgan fingerprint density at radius 3 is 2.75 bits per heavy atom. The predicted octanol–water partition coefficient (Wildman–Crippen LogP) is 3.03. The van der Waals surface area contributed by atoms with Crippen LogP contribution in [0.1, 0.15) is 10.4 Å². The van der Waals surface area contributed by atoms with E-state index in [0.717, 1.165) is 0 Å². The molecule has 0 aliphatic carbocycles. The first-order valence-corrected chi connectivity index (χ1v) is 6.21. The highest BCUT2D eigenvalue weighted by atomic mass is 35.5. The van der Waals surface area contributed by atoms with Crippen molar-refractivity contribution in [2.24, 2.45) is 0 Å². The lowest BCUT2D eigenvalue weighted by molar-refractivity contribution is 0.102. The van der Waals surface area contributed by atoms with Crippen molar-refractivity contribution in [2.75, 3.05) is 12.1 Å². The van der Waals surface area contributed by atoms with Gasteiger partial charge in [0.25, 0.3) is 5.91 Å². The summed E-state index contributed by atoms with van der Waals surface area (Å²) in [7, 11) is 0. The van der Waals surface area contributed by atoms with Crippen molar-refractivity contribution in [2.45, 2.75) is 0 Å². The lowest BCUT2D eigenvalue weighted by Crippen LogP contribution is -2.11. The topological polar surface area (TPSA) is 67.8 Å². The van der Waals surface area contributed by atoms with Gasteiger partial charge in [-0.05, 0) is 30.3 Å². The molecule has 2 aromatic rings. The van der Waals surface area contributed by atoms with Crippen LogP contribution in [0.25, 0.3) is 0 Å². The second kappa shape index (κ2) is 4.94. The van der Waals surface area contributed by atoms with E-state index in [0.29, 0.717) is 22.7 Å². The number of aromatic hydroxyl groups is 1. The van der Waals surface area contributed by atoms with E-state index in [1.807, 2.05) is 0 Å². The van der Waals surface area contributed by atoms with E-state index in [9.17, 15) is 9.90 Å². The van der Waals surface area contributed by atoms with Crippen LogP contribution in [-0.2, 0) is 0 Å². The van der Waals surface area contributed by atoms with Crippen LogP contribution in [-0.4, -0.2) is 17.8 Å². The van der Waals surface area contributed by atoms with Gasteiger partial charge in [0.05, 0.1) is 5.02 Å². The molecule has 0 fully saturated rings. The van der Waals surface area contributed by atoms with E-state index in [-0.39, 0.29) is 23.5 Å². The number of rotatable bonds is 2. The van der Waals surface area contributed by atoms with Crippen LogP contribution < -0.4 is 14.8 Å². The Bertz CT molecular complexity index is 687. The molecule has 0 spiro atoms. The first-order chi connectivity index (χ1) is 9.63. The van der Waals surface area contributed by atoms with Gasteiger partial charge in [0, 0.05) is 17.3 Å². The molecule has 1 amide bonds. The van der Waals surface area contributed by atoms with Crippen molar-refractivity contribution in [1.29, 1.82) is 0 Å². The van der Waals surface area contributed by atoms with E-state index in [2.05, 4.69) is 5.32 Å². The summed E-state index contributed by atoms with van der Waals surface area (Å²) in [6.07, 6.45) is 0. The van der Waals surface area contributed by atoms with Crippen LogP contribution in [0.15, 0.2) is 36.4 Å². The number of hydrogen-bond acceptors (Lipinski definition) is 4. The van der Waals surface area contributed by atoms with Gasteiger partial charge in [-0.15, -0.1) is 0 Å². The third kappa shape index (κ3) is 2.35. The molecule has 102 valence electrons. The van der Waals surface area contributed by atoms with Crippen LogP contribution >= 0.6 is 11.6 Å². The Morgan fingerprint density at radius 1 is 1.15 bits per heavy atom. The molecule has 3 rings (SSSR count). The number of nitrogens with one attached hydrogen (secondary N) is 1. The number of phenolic OH excluding ortho intramolecular Hbond substituents is 1. The number of ether oxygens (including phenoxy) is 2. The van der Waals surface area contributed by atoms with Crippen molar-refractivity contribution in [3.8, 4) is 17.2 Å². The first kappa shape index (κ1) is 12.6. The van der Waals surface area contributed by atoms with Crippen LogP contribution in [0.5, 0.6) is 17.2 Å². The molecule has 0 radical (unpaired) electrons. The summed E-state index contributed by atoms with van der Waals surface area (Å²) >= 11 is 5.77. The molecule has 0 aromatic heterocycles. The number of hydrogen-bond donors (Lipinski definition) is 2. The highest BCUT2D eigenvalue weighted by Gasteiger charge is 2.15. The summed E-state index contributed by atoms with van der Waals surface area (Å²) in [5.41, 5.74) is 0.939. The predicted molar refractivity (Wildman–Crippen MR) is 73.6 cm³/mol. The molecule has 2 aromatic carbocycles. The number of carbonyl (C=O) groups excluding carboxylic acids is 1. The molecule has 1 heterocycles. The van der Waals surface area contributed by atoms with Crippen molar-refractivity contribution < 1.29 is 19.4 Å². The molecule has 1 aliphatic rings. The third-order valence-electron chi connectivity index (χ3n) is 2.84. The van der Waals surface area contributed by atoms with Crippen molar-refractivity contribution >= 4 is 23.2 Å². The fraction of sp³-hybridized carbons (Fsp3) is 0.0714. The van der Waals surface area contributed by atoms with Gasteiger partial charge in [-0.1, -0.05) is 11.6 Å². The molecular formula is C14H10ClNO4. The number of amides is 1. The maximum absolute atomic E-state index is 12.1.